The van der Waals surface area contributed by atoms with E-state index in [-0.39, 0.29) is 17.8 Å². The van der Waals surface area contributed by atoms with Crippen molar-refractivity contribution in [2.45, 2.75) is 43.7 Å². The fourth-order valence-corrected chi connectivity index (χ4v) is 3.59. The van der Waals surface area contributed by atoms with Crippen molar-refractivity contribution in [1.29, 1.82) is 0 Å². The SMILES string of the molecule is CCSC1CCC(Nc2cc(C(F)(F)F)nc(NC)n2)C1. The minimum absolute atomic E-state index is 0.0233. The molecule has 0 radical (unpaired) electrons. The van der Waals surface area contributed by atoms with Gasteiger partial charge in [0.1, 0.15) is 5.82 Å². The van der Waals surface area contributed by atoms with Crippen LogP contribution in [0.15, 0.2) is 6.07 Å². The smallest absolute Gasteiger partial charge is 0.367 e. The van der Waals surface area contributed by atoms with Crippen molar-refractivity contribution in [3.63, 3.8) is 0 Å². The maximum absolute atomic E-state index is 12.8. The Hall–Kier alpha value is -1.18. The lowest BCUT2D eigenvalue weighted by atomic mass is 10.2. The minimum Gasteiger partial charge on any atom is -0.367 e. The maximum atomic E-state index is 12.8. The van der Waals surface area contributed by atoms with Crippen molar-refractivity contribution in [3.05, 3.63) is 11.8 Å². The topological polar surface area (TPSA) is 49.8 Å². The van der Waals surface area contributed by atoms with Gasteiger partial charge in [0, 0.05) is 24.4 Å². The van der Waals surface area contributed by atoms with Gasteiger partial charge >= 0.3 is 6.18 Å². The highest BCUT2D eigenvalue weighted by Crippen LogP contribution is 2.33. The molecule has 4 nitrogen and oxygen atoms in total. The highest BCUT2D eigenvalue weighted by molar-refractivity contribution is 7.99. The van der Waals surface area contributed by atoms with Gasteiger partial charge in [0.2, 0.25) is 5.95 Å². The zero-order valence-corrected chi connectivity index (χ0v) is 12.8. The van der Waals surface area contributed by atoms with Gasteiger partial charge in [-0.25, -0.2) is 4.98 Å². The van der Waals surface area contributed by atoms with Crippen LogP contribution in [0, 0.1) is 0 Å². The third-order valence-electron chi connectivity index (χ3n) is 3.38. The molecule has 1 heterocycles. The van der Waals surface area contributed by atoms with Gasteiger partial charge in [-0.2, -0.15) is 29.9 Å². The Kier molecular flexibility index (Phi) is 5.18. The fourth-order valence-electron chi connectivity index (χ4n) is 2.45. The van der Waals surface area contributed by atoms with Gasteiger partial charge in [-0.1, -0.05) is 6.92 Å². The van der Waals surface area contributed by atoms with Crippen LogP contribution in [0.2, 0.25) is 0 Å². The first-order valence-electron chi connectivity index (χ1n) is 6.94. The van der Waals surface area contributed by atoms with Crippen molar-refractivity contribution < 1.29 is 13.2 Å². The van der Waals surface area contributed by atoms with Crippen molar-refractivity contribution in [2.24, 2.45) is 0 Å². The number of nitrogens with one attached hydrogen (secondary N) is 2. The van der Waals surface area contributed by atoms with E-state index in [0.29, 0.717) is 5.25 Å². The molecule has 21 heavy (non-hydrogen) atoms. The number of halogens is 3. The van der Waals surface area contributed by atoms with Crippen LogP contribution in [0.3, 0.4) is 0 Å². The van der Waals surface area contributed by atoms with Crippen LogP contribution in [-0.2, 0) is 6.18 Å². The molecule has 0 amide bonds. The van der Waals surface area contributed by atoms with Crippen LogP contribution < -0.4 is 10.6 Å². The second kappa shape index (κ2) is 6.72. The molecular formula is C13H19F3N4S. The molecule has 2 N–H and O–H groups in total. The number of rotatable bonds is 5. The first-order valence-corrected chi connectivity index (χ1v) is 7.99. The van der Waals surface area contributed by atoms with Gasteiger partial charge in [0.25, 0.3) is 0 Å². The third-order valence-corrected chi connectivity index (χ3v) is 4.61. The molecule has 2 rings (SSSR count). The molecule has 8 heteroatoms. The van der Waals surface area contributed by atoms with Gasteiger partial charge in [-0.05, 0) is 25.0 Å². The van der Waals surface area contributed by atoms with Gasteiger partial charge in [0.15, 0.2) is 5.69 Å². The second-order valence-electron chi connectivity index (χ2n) is 4.94. The van der Waals surface area contributed by atoms with E-state index in [1.54, 1.807) is 0 Å². The summed E-state index contributed by atoms with van der Waals surface area (Å²) >= 11 is 1.90. The summed E-state index contributed by atoms with van der Waals surface area (Å²) in [6.45, 7) is 2.12. The van der Waals surface area contributed by atoms with Gasteiger partial charge in [-0.3, -0.25) is 0 Å². The quantitative estimate of drug-likeness (QED) is 0.868. The molecular weight excluding hydrogens is 301 g/mol. The van der Waals surface area contributed by atoms with E-state index in [0.717, 1.165) is 31.1 Å². The van der Waals surface area contributed by atoms with E-state index in [1.165, 1.54) is 7.05 Å². The van der Waals surface area contributed by atoms with E-state index in [2.05, 4.69) is 27.5 Å². The standard InChI is InChI=1S/C13H19F3N4S/c1-3-21-9-5-4-8(6-9)18-11-7-10(13(14,15)16)19-12(17-2)20-11/h7-9H,3-6H2,1-2H3,(H2,17,18,19,20). The molecule has 2 atom stereocenters. The lowest BCUT2D eigenvalue weighted by Gasteiger charge is -2.16. The molecule has 0 bridgehead atoms. The molecule has 118 valence electrons. The largest absolute Gasteiger partial charge is 0.433 e. The second-order valence-corrected chi connectivity index (χ2v) is 6.52. The first-order chi connectivity index (χ1) is 9.92. The van der Waals surface area contributed by atoms with E-state index in [9.17, 15) is 13.2 Å². The molecule has 1 fully saturated rings. The predicted octanol–water partition coefficient (Wildman–Crippen LogP) is 3.62. The molecule has 1 aromatic rings. The van der Waals surface area contributed by atoms with Gasteiger partial charge in [-0.15, -0.1) is 0 Å². The molecule has 1 saturated carbocycles. The van der Waals surface area contributed by atoms with E-state index in [4.69, 9.17) is 0 Å². The zero-order valence-electron chi connectivity index (χ0n) is 12.0. The van der Waals surface area contributed by atoms with E-state index in [1.807, 2.05) is 11.8 Å². The van der Waals surface area contributed by atoms with Crippen LogP contribution in [0.5, 0.6) is 0 Å². The lowest BCUT2D eigenvalue weighted by Crippen LogP contribution is -2.19. The average Bonchev–Trinajstić information content (AvgIpc) is 2.85. The molecule has 0 saturated heterocycles. The summed E-state index contributed by atoms with van der Waals surface area (Å²) in [5.41, 5.74) is -0.929. The molecule has 0 aromatic carbocycles. The number of hydrogen-bond acceptors (Lipinski definition) is 5. The Labute approximate surface area is 126 Å². The maximum Gasteiger partial charge on any atom is 0.433 e. The Morgan fingerprint density at radius 1 is 1.33 bits per heavy atom. The van der Waals surface area contributed by atoms with Crippen molar-refractivity contribution >= 4 is 23.5 Å². The van der Waals surface area contributed by atoms with E-state index >= 15 is 0 Å². The van der Waals surface area contributed by atoms with Crippen molar-refractivity contribution in [1.82, 2.24) is 9.97 Å². The summed E-state index contributed by atoms with van der Waals surface area (Å²) in [7, 11) is 1.50. The number of thioether (sulfide) groups is 1. The summed E-state index contributed by atoms with van der Waals surface area (Å²) in [6.07, 6.45) is -1.47. The summed E-state index contributed by atoms with van der Waals surface area (Å²) in [5, 5.41) is 6.26. The highest BCUT2D eigenvalue weighted by Gasteiger charge is 2.34. The van der Waals surface area contributed by atoms with Gasteiger partial charge < -0.3 is 10.6 Å². The summed E-state index contributed by atoms with van der Waals surface area (Å²) < 4.78 is 38.4. The lowest BCUT2D eigenvalue weighted by molar-refractivity contribution is -0.141. The summed E-state index contributed by atoms with van der Waals surface area (Å²) in [6, 6.07) is 1.15. The number of nitrogens with zero attached hydrogens (tertiary/aromatic N) is 2. The molecule has 1 aromatic heterocycles. The van der Waals surface area contributed by atoms with Gasteiger partial charge in [0.05, 0.1) is 0 Å². The number of hydrogen-bond donors (Lipinski definition) is 2. The van der Waals surface area contributed by atoms with Crippen molar-refractivity contribution in [3.8, 4) is 0 Å². The van der Waals surface area contributed by atoms with Crippen molar-refractivity contribution in [2.75, 3.05) is 23.4 Å². The Morgan fingerprint density at radius 2 is 2.10 bits per heavy atom. The highest BCUT2D eigenvalue weighted by atomic mass is 32.2. The van der Waals surface area contributed by atoms with Crippen LogP contribution in [0.25, 0.3) is 0 Å². The molecule has 1 aliphatic rings. The fraction of sp³-hybridized carbons (Fsp3) is 0.692. The van der Waals surface area contributed by atoms with E-state index < -0.39 is 11.9 Å². The molecule has 0 spiro atoms. The monoisotopic (exact) mass is 320 g/mol. The molecule has 1 aliphatic carbocycles. The third kappa shape index (κ3) is 4.39. The van der Waals surface area contributed by atoms with Crippen LogP contribution in [0.4, 0.5) is 24.9 Å². The Bertz CT molecular complexity index is 481. The molecule has 2 unspecified atom stereocenters. The summed E-state index contributed by atoms with van der Waals surface area (Å²) in [4.78, 5) is 7.51. The predicted molar refractivity (Wildman–Crippen MR) is 79.8 cm³/mol. The normalized spacial score (nSPS) is 22.3. The Balaban J connectivity index is 2.09. The van der Waals surface area contributed by atoms with Crippen LogP contribution >= 0.6 is 11.8 Å². The Morgan fingerprint density at radius 3 is 2.71 bits per heavy atom. The minimum atomic E-state index is -4.47. The molecule has 0 aliphatic heterocycles. The average molecular weight is 320 g/mol. The number of aromatic nitrogens is 2. The first kappa shape index (κ1) is 16.2. The zero-order chi connectivity index (χ0) is 15.5. The number of anilines is 2. The summed E-state index contributed by atoms with van der Waals surface area (Å²) in [5.74, 6) is 1.27. The van der Waals surface area contributed by atoms with Crippen LogP contribution in [0.1, 0.15) is 31.9 Å². The van der Waals surface area contributed by atoms with Crippen LogP contribution in [-0.4, -0.2) is 34.1 Å². The number of alkyl halides is 3.